The second-order valence-electron chi connectivity index (χ2n) is 3.65. The van der Waals surface area contributed by atoms with Gasteiger partial charge in [-0.05, 0) is 37.6 Å². The first kappa shape index (κ1) is 12.9. The van der Waals surface area contributed by atoms with E-state index in [9.17, 15) is 5.11 Å². The summed E-state index contributed by atoms with van der Waals surface area (Å²) in [5.74, 6) is 0.260. The highest BCUT2D eigenvalue weighted by Gasteiger charge is 1.98. The third-order valence-electron chi connectivity index (χ3n) is 2.18. The molecule has 3 heteroatoms. The molecule has 1 aromatic rings. The Morgan fingerprint density at radius 2 is 1.94 bits per heavy atom. The van der Waals surface area contributed by atoms with Crippen LogP contribution in [0.1, 0.15) is 19.4 Å². The monoisotopic (exact) mass is 232 g/mol. The number of aliphatic hydroxyl groups excluding tert-OH is 1. The number of rotatable bonds is 3. The van der Waals surface area contributed by atoms with Crippen molar-refractivity contribution in [3.63, 3.8) is 0 Å². The molecular weight excluding hydrogens is 216 g/mol. The van der Waals surface area contributed by atoms with Gasteiger partial charge in [0.1, 0.15) is 11.5 Å². The number of benzene rings is 1. The van der Waals surface area contributed by atoms with Crippen molar-refractivity contribution in [2.75, 3.05) is 0 Å². The molecule has 0 atom stereocenters. The third-order valence-corrected chi connectivity index (χ3v) is 2.18. The normalized spacial score (nSPS) is 13.3. The van der Waals surface area contributed by atoms with Crippen molar-refractivity contribution in [2.45, 2.75) is 13.8 Å². The highest BCUT2D eigenvalue weighted by atomic mass is 16.3. The molecule has 0 fully saturated rings. The van der Waals surface area contributed by atoms with Gasteiger partial charge in [0.2, 0.25) is 0 Å². The van der Waals surface area contributed by atoms with Gasteiger partial charge in [-0.15, -0.1) is 0 Å². The van der Waals surface area contributed by atoms with E-state index in [0.717, 1.165) is 5.57 Å². The fourth-order valence-corrected chi connectivity index (χ4v) is 1.33. The van der Waals surface area contributed by atoms with E-state index in [4.69, 9.17) is 10.2 Å². The lowest BCUT2D eigenvalue weighted by molar-refractivity contribution is 0.414. The van der Waals surface area contributed by atoms with Crippen molar-refractivity contribution in [2.24, 2.45) is 0 Å². The standard InChI is InChI=1S/C14H16O3/c1-3-11(8-10(2)15)4-5-12-6-7-13(16)9-14(12)17/h3-9,15-17H,1-2H3/b5-4+,10-8+,11-3-. The maximum absolute atomic E-state index is 9.56. The molecule has 17 heavy (non-hydrogen) atoms. The number of hydrogen-bond acceptors (Lipinski definition) is 3. The molecule has 0 bridgehead atoms. The minimum atomic E-state index is 0.0152. The molecule has 0 amide bonds. The minimum absolute atomic E-state index is 0.0152. The molecule has 1 rings (SSSR count). The number of aliphatic hydroxyl groups is 1. The Labute approximate surface area is 101 Å². The Morgan fingerprint density at radius 1 is 1.24 bits per heavy atom. The van der Waals surface area contributed by atoms with Crippen LogP contribution in [0.3, 0.4) is 0 Å². The maximum atomic E-state index is 9.56. The molecule has 0 aliphatic carbocycles. The van der Waals surface area contributed by atoms with Crippen LogP contribution in [0.25, 0.3) is 6.08 Å². The SMILES string of the molecule is C/C=C(/C=C/c1ccc(O)cc1O)\C=C(/C)O. The zero-order valence-corrected chi connectivity index (χ0v) is 9.88. The van der Waals surface area contributed by atoms with Gasteiger partial charge in [0.25, 0.3) is 0 Å². The van der Waals surface area contributed by atoms with Gasteiger partial charge in [-0.25, -0.2) is 0 Å². The molecule has 0 saturated carbocycles. The summed E-state index contributed by atoms with van der Waals surface area (Å²) >= 11 is 0. The lowest BCUT2D eigenvalue weighted by Crippen LogP contribution is -1.78. The summed E-state index contributed by atoms with van der Waals surface area (Å²) in [7, 11) is 0. The molecule has 0 unspecified atom stereocenters. The molecule has 0 spiro atoms. The van der Waals surface area contributed by atoms with E-state index in [1.54, 1.807) is 31.2 Å². The van der Waals surface area contributed by atoms with Crippen molar-refractivity contribution < 1.29 is 15.3 Å². The Morgan fingerprint density at radius 3 is 2.47 bits per heavy atom. The molecule has 90 valence electrons. The van der Waals surface area contributed by atoms with Crippen molar-refractivity contribution in [1.82, 2.24) is 0 Å². The lowest BCUT2D eigenvalue weighted by Gasteiger charge is -2.00. The van der Waals surface area contributed by atoms with E-state index in [2.05, 4.69) is 0 Å². The maximum Gasteiger partial charge on any atom is 0.126 e. The van der Waals surface area contributed by atoms with Crippen LogP contribution < -0.4 is 0 Å². The molecule has 0 aliphatic heterocycles. The number of aromatic hydroxyl groups is 2. The van der Waals surface area contributed by atoms with Crippen molar-refractivity contribution in [3.8, 4) is 11.5 Å². The van der Waals surface area contributed by atoms with Crippen LogP contribution >= 0.6 is 0 Å². The summed E-state index contributed by atoms with van der Waals surface area (Å²) in [6.45, 7) is 3.45. The van der Waals surface area contributed by atoms with Gasteiger partial charge in [-0.2, -0.15) is 0 Å². The molecule has 0 heterocycles. The third kappa shape index (κ3) is 4.07. The van der Waals surface area contributed by atoms with Gasteiger partial charge in [0.15, 0.2) is 0 Å². The summed E-state index contributed by atoms with van der Waals surface area (Å²) in [6.07, 6.45) is 6.94. The van der Waals surface area contributed by atoms with Crippen LogP contribution in [0.15, 0.2) is 47.8 Å². The van der Waals surface area contributed by atoms with Gasteiger partial charge in [0, 0.05) is 11.6 Å². The average Bonchev–Trinajstić information content (AvgIpc) is 2.25. The van der Waals surface area contributed by atoms with E-state index in [1.807, 2.05) is 13.0 Å². The summed E-state index contributed by atoms with van der Waals surface area (Å²) in [5, 5.41) is 27.9. The van der Waals surface area contributed by atoms with Crippen LogP contribution in [-0.4, -0.2) is 15.3 Å². The molecule has 0 saturated heterocycles. The number of allylic oxidation sites excluding steroid dienone is 5. The van der Waals surface area contributed by atoms with Gasteiger partial charge in [0.05, 0.1) is 5.76 Å². The second kappa shape index (κ2) is 5.80. The summed E-state index contributed by atoms with van der Waals surface area (Å²) in [6, 6.07) is 4.40. The molecule has 3 N–H and O–H groups in total. The molecule has 1 aromatic carbocycles. The molecular formula is C14H16O3. The fraction of sp³-hybridized carbons (Fsp3) is 0.143. The first-order chi connectivity index (χ1) is 8.02. The van der Waals surface area contributed by atoms with Crippen molar-refractivity contribution >= 4 is 6.08 Å². The fourth-order valence-electron chi connectivity index (χ4n) is 1.33. The summed E-state index contributed by atoms with van der Waals surface area (Å²) in [5.41, 5.74) is 1.43. The van der Waals surface area contributed by atoms with Gasteiger partial charge in [-0.3, -0.25) is 0 Å². The topological polar surface area (TPSA) is 60.7 Å². The Kier molecular flexibility index (Phi) is 4.40. The van der Waals surface area contributed by atoms with E-state index in [-0.39, 0.29) is 17.3 Å². The highest BCUT2D eigenvalue weighted by Crippen LogP contribution is 2.24. The zero-order valence-electron chi connectivity index (χ0n) is 9.88. The average molecular weight is 232 g/mol. The minimum Gasteiger partial charge on any atom is -0.513 e. The quantitative estimate of drug-likeness (QED) is 0.552. The Hall–Kier alpha value is -2.16. The van der Waals surface area contributed by atoms with Gasteiger partial charge < -0.3 is 15.3 Å². The predicted molar refractivity (Wildman–Crippen MR) is 68.9 cm³/mol. The van der Waals surface area contributed by atoms with Crippen LogP contribution in [0, 0.1) is 0 Å². The lowest BCUT2D eigenvalue weighted by atomic mass is 10.1. The van der Waals surface area contributed by atoms with Crippen molar-refractivity contribution in [1.29, 1.82) is 0 Å². The summed E-state index contributed by atoms with van der Waals surface area (Å²) in [4.78, 5) is 0. The molecule has 0 aromatic heterocycles. The van der Waals surface area contributed by atoms with E-state index < -0.39 is 0 Å². The largest absolute Gasteiger partial charge is 0.513 e. The molecule has 3 nitrogen and oxygen atoms in total. The van der Waals surface area contributed by atoms with E-state index in [1.165, 1.54) is 12.1 Å². The van der Waals surface area contributed by atoms with Crippen LogP contribution in [-0.2, 0) is 0 Å². The van der Waals surface area contributed by atoms with E-state index in [0.29, 0.717) is 5.56 Å². The van der Waals surface area contributed by atoms with Crippen molar-refractivity contribution in [3.05, 3.63) is 53.3 Å². The smallest absolute Gasteiger partial charge is 0.126 e. The van der Waals surface area contributed by atoms with E-state index >= 15 is 0 Å². The predicted octanol–water partition coefficient (Wildman–Crippen LogP) is 3.52. The van der Waals surface area contributed by atoms with Crippen LogP contribution in [0.2, 0.25) is 0 Å². The van der Waals surface area contributed by atoms with Crippen LogP contribution in [0.5, 0.6) is 11.5 Å². The first-order valence-electron chi connectivity index (χ1n) is 5.26. The number of hydrogen-bond donors (Lipinski definition) is 3. The second-order valence-corrected chi connectivity index (χ2v) is 3.65. The van der Waals surface area contributed by atoms with Gasteiger partial charge in [-0.1, -0.05) is 18.2 Å². The molecule has 0 aliphatic rings. The highest BCUT2D eigenvalue weighted by molar-refractivity contribution is 5.61. The number of phenolic OH excluding ortho intramolecular Hbond substituents is 2. The number of phenols is 2. The first-order valence-corrected chi connectivity index (χ1v) is 5.26. The van der Waals surface area contributed by atoms with Gasteiger partial charge >= 0.3 is 0 Å². The summed E-state index contributed by atoms with van der Waals surface area (Å²) < 4.78 is 0. The Balaban J connectivity index is 2.94. The Bertz CT molecular complexity index is 478. The zero-order chi connectivity index (χ0) is 12.8. The molecule has 0 radical (unpaired) electrons. The van der Waals surface area contributed by atoms with Crippen LogP contribution in [0.4, 0.5) is 0 Å².